The summed E-state index contributed by atoms with van der Waals surface area (Å²) in [5, 5.41) is 3.96. The molecule has 0 aliphatic rings. The molecule has 5 heteroatoms. The van der Waals surface area contributed by atoms with Crippen LogP contribution in [-0.4, -0.2) is 15.9 Å². The summed E-state index contributed by atoms with van der Waals surface area (Å²) in [5.41, 5.74) is 4.68. The minimum Gasteiger partial charge on any atom is -0.358 e. The number of aryl methyl sites for hydroxylation is 2. The van der Waals surface area contributed by atoms with Crippen LogP contribution in [0.5, 0.6) is 0 Å². The Balaban J connectivity index is 1.95. The van der Waals surface area contributed by atoms with Crippen LogP contribution < -0.4 is 5.32 Å². The van der Waals surface area contributed by atoms with E-state index in [9.17, 15) is 4.79 Å². The van der Waals surface area contributed by atoms with Crippen molar-refractivity contribution in [1.82, 2.24) is 9.97 Å². The van der Waals surface area contributed by atoms with Gasteiger partial charge in [-0.2, -0.15) is 0 Å². The molecular weight excluding hydrogens is 330 g/mol. The number of aromatic amines is 1. The maximum Gasteiger partial charge on any atom is 0.255 e. The van der Waals surface area contributed by atoms with Crippen LogP contribution in [0.2, 0.25) is 0 Å². The summed E-state index contributed by atoms with van der Waals surface area (Å²) in [6.45, 7) is 4.08. The maximum atomic E-state index is 12.4. The van der Waals surface area contributed by atoms with Gasteiger partial charge in [-0.1, -0.05) is 0 Å². The lowest BCUT2D eigenvalue weighted by atomic mass is 10.1. The molecule has 1 amide bonds. The Morgan fingerprint density at radius 2 is 2.10 bits per heavy atom. The first kappa shape index (κ1) is 13.8. The Hall–Kier alpha value is -2.14. The van der Waals surface area contributed by atoms with Gasteiger partial charge in [-0.05, 0) is 59.6 Å². The molecule has 0 saturated carbocycles. The van der Waals surface area contributed by atoms with Crippen molar-refractivity contribution in [3.63, 3.8) is 0 Å². The van der Waals surface area contributed by atoms with Crippen molar-refractivity contribution in [3.8, 4) is 0 Å². The van der Waals surface area contributed by atoms with Gasteiger partial charge in [0, 0.05) is 34.6 Å². The number of H-pyrrole nitrogens is 1. The molecule has 0 radical (unpaired) electrons. The predicted molar refractivity (Wildman–Crippen MR) is 87.7 cm³/mol. The molecule has 0 spiro atoms. The highest BCUT2D eigenvalue weighted by Crippen LogP contribution is 2.24. The molecule has 2 N–H and O–H groups in total. The highest BCUT2D eigenvalue weighted by Gasteiger charge is 2.11. The monoisotopic (exact) mass is 343 g/mol. The molecular formula is C16H14BrN3O. The molecule has 0 aliphatic carbocycles. The molecule has 21 heavy (non-hydrogen) atoms. The Morgan fingerprint density at radius 1 is 1.29 bits per heavy atom. The largest absolute Gasteiger partial charge is 0.358 e. The molecule has 3 rings (SSSR count). The lowest BCUT2D eigenvalue weighted by Gasteiger charge is -2.07. The molecule has 3 aromatic rings. The van der Waals surface area contributed by atoms with E-state index in [1.807, 2.05) is 25.1 Å². The second-order valence-electron chi connectivity index (χ2n) is 4.95. The standard InChI is InChI=1S/C16H14BrN3O/c1-9-10(2)19-14-4-3-11(7-12(9)14)16(21)20-15-5-6-18-8-13(15)17/h3-8,19H,1-2H3,(H,18,20,21). The Morgan fingerprint density at radius 3 is 2.86 bits per heavy atom. The Labute approximate surface area is 130 Å². The summed E-state index contributed by atoms with van der Waals surface area (Å²) < 4.78 is 0.757. The Kier molecular flexibility index (Phi) is 3.51. The van der Waals surface area contributed by atoms with Crippen LogP contribution in [0.25, 0.3) is 10.9 Å². The lowest BCUT2D eigenvalue weighted by Crippen LogP contribution is -2.12. The second-order valence-corrected chi connectivity index (χ2v) is 5.80. The molecule has 0 atom stereocenters. The number of fused-ring (bicyclic) bond motifs is 1. The van der Waals surface area contributed by atoms with Crippen LogP contribution >= 0.6 is 15.9 Å². The minimum absolute atomic E-state index is 0.137. The van der Waals surface area contributed by atoms with Gasteiger partial charge >= 0.3 is 0 Å². The van der Waals surface area contributed by atoms with Crippen molar-refractivity contribution in [2.24, 2.45) is 0 Å². The van der Waals surface area contributed by atoms with Gasteiger partial charge in [0.25, 0.3) is 5.91 Å². The van der Waals surface area contributed by atoms with Crippen molar-refractivity contribution < 1.29 is 4.79 Å². The minimum atomic E-state index is -0.137. The van der Waals surface area contributed by atoms with Crippen molar-refractivity contribution in [2.45, 2.75) is 13.8 Å². The number of halogens is 1. The molecule has 106 valence electrons. The molecule has 0 unspecified atom stereocenters. The number of carbonyl (C=O) groups excluding carboxylic acids is 1. The van der Waals surface area contributed by atoms with Crippen molar-refractivity contribution >= 4 is 38.4 Å². The van der Waals surface area contributed by atoms with Crippen LogP contribution in [-0.2, 0) is 0 Å². The zero-order chi connectivity index (χ0) is 15.0. The van der Waals surface area contributed by atoms with Gasteiger partial charge in [-0.3, -0.25) is 9.78 Å². The van der Waals surface area contributed by atoms with E-state index < -0.39 is 0 Å². The average molecular weight is 344 g/mol. The molecule has 0 fully saturated rings. The third kappa shape index (κ3) is 2.56. The first-order chi connectivity index (χ1) is 10.1. The van der Waals surface area contributed by atoms with E-state index in [1.54, 1.807) is 18.5 Å². The number of pyridine rings is 1. The summed E-state index contributed by atoms with van der Waals surface area (Å²) in [4.78, 5) is 19.6. The van der Waals surface area contributed by atoms with Crippen LogP contribution in [0.15, 0.2) is 41.1 Å². The number of hydrogen-bond acceptors (Lipinski definition) is 2. The van der Waals surface area contributed by atoms with Crippen LogP contribution in [0.3, 0.4) is 0 Å². The first-order valence-corrected chi connectivity index (χ1v) is 7.35. The van der Waals surface area contributed by atoms with Crippen LogP contribution in [0.4, 0.5) is 5.69 Å². The average Bonchev–Trinajstić information content (AvgIpc) is 2.76. The number of aromatic nitrogens is 2. The highest BCUT2D eigenvalue weighted by atomic mass is 79.9. The van der Waals surface area contributed by atoms with E-state index in [2.05, 4.69) is 38.1 Å². The highest BCUT2D eigenvalue weighted by molar-refractivity contribution is 9.10. The molecule has 1 aromatic carbocycles. The lowest BCUT2D eigenvalue weighted by molar-refractivity contribution is 0.102. The van der Waals surface area contributed by atoms with Gasteiger partial charge in [0.1, 0.15) is 0 Å². The van der Waals surface area contributed by atoms with Gasteiger partial charge in [-0.15, -0.1) is 0 Å². The van der Waals surface area contributed by atoms with E-state index >= 15 is 0 Å². The van der Waals surface area contributed by atoms with E-state index in [0.29, 0.717) is 11.3 Å². The second kappa shape index (κ2) is 5.33. The van der Waals surface area contributed by atoms with Gasteiger partial charge in [0.2, 0.25) is 0 Å². The van der Waals surface area contributed by atoms with E-state index in [4.69, 9.17) is 0 Å². The van der Waals surface area contributed by atoms with Gasteiger partial charge in [-0.25, -0.2) is 0 Å². The molecule has 0 bridgehead atoms. The van der Waals surface area contributed by atoms with Crippen molar-refractivity contribution in [1.29, 1.82) is 0 Å². The number of rotatable bonds is 2. The predicted octanol–water partition coefficient (Wildman–Crippen LogP) is 4.19. The molecule has 2 heterocycles. The number of hydrogen-bond donors (Lipinski definition) is 2. The maximum absolute atomic E-state index is 12.4. The molecule has 0 saturated heterocycles. The molecule has 4 nitrogen and oxygen atoms in total. The van der Waals surface area contributed by atoms with Gasteiger partial charge < -0.3 is 10.3 Å². The van der Waals surface area contributed by atoms with Gasteiger partial charge in [0.05, 0.1) is 10.2 Å². The van der Waals surface area contributed by atoms with Crippen LogP contribution in [0, 0.1) is 13.8 Å². The normalized spacial score (nSPS) is 10.8. The SMILES string of the molecule is Cc1[nH]c2ccc(C(=O)Nc3ccncc3Br)cc2c1C. The number of nitrogens with one attached hydrogen (secondary N) is 2. The fourth-order valence-electron chi connectivity index (χ4n) is 2.27. The summed E-state index contributed by atoms with van der Waals surface area (Å²) in [6.07, 6.45) is 3.29. The first-order valence-electron chi connectivity index (χ1n) is 6.56. The Bertz CT molecular complexity index is 839. The zero-order valence-electron chi connectivity index (χ0n) is 11.7. The van der Waals surface area contributed by atoms with E-state index in [0.717, 1.165) is 21.1 Å². The quantitative estimate of drug-likeness (QED) is 0.732. The summed E-state index contributed by atoms with van der Waals surface area (Å²) >= 11 is 3.37. The summed E-state index contributed by atoms with van der Waals surface area (Å²) in [7, 11) is 0. The van der Waals surface area contributed by atoms with E-state index in [-0.39, 0.29) is 5.91 Å². The molecule has 0 aliphatic heterocycles. The smallest absolute Gasteiger partial charge is 0.255 e. The molecule has 2 aromatic heterocycles. The van der Waals surface area contributed by atoms with Crippen molar-refractivity contribution in [2.75, 3.05) is 5.32 Å². The summed E-state index contributed by atoms with van der Waals surface area (Å²) in [6, 6.07) is 7.43. The third-order valence-electron chi connectivity index (χ3n) is 3.59. The van der Waals surface area contributed by atoms with Crippen LogP contribution in [0.1, 0.15) is 21.6 Å². The fourth-order valence-corrected chi connectivity index (χ4v) is 2.62. The fraction of sp³-hybridized carbons (Fsp3) is 0.125. The number of benzene rings is 1. The van der Waals surface area contributed by atoms with Gasteiger partial charge in [0.15, 0.2) is 0 Å². The van der Waals surface area contributed by atoms with E-state index in [1.165, 1.54) is 5.56 Å². The zero-order valence-corrected chi connectivity index (χ0v) is 13.3. The third-order valence-corrected chi connectivity index (χ3v) is 4.22. The number of nitrogens with zero attached hydrogens (tertiary/aromatic N) is 1. The number of amides is 1. The topological polar surface area (TPSA) is 57.8 Å². The number of carbonyl (C=O) groups is 1. The van der Waals surface area contributed by atoms with Crippen molar-refractivity contribution in [3.05, 3.63) is 58.0 Å². The summed E-state index contributed by atoms with van der Waals surface area (Å²) in [5.74, 6) is -0.137. The number of anilines is 1.